The average molecular weight is 353 g/mol. The van der Waals surface area contributed by atoms with Gasteiger partial charge in [0.2, 0.25) is 5.03 Å². The van der Waals surface area contributed by atoms with E-state index >= 15 is 0 Å². The number of hydrazine groups is 1. The van der Waals surface area contributed by atoms with Crippen molar-refractivity contribution in [1.82, 2.24) is 14.1 Å². The first-order chi connectivity index (χ1) is 9.64. The van der Waals surface area contributed by atoms with Crippen LogP contribution >= 0.6 is 11.3 Å². The first-order valence-electron chi connectivity index (χ1n) is 5.76. The minimum Gasteiger partial charge on any atom is -0.306 e. The molecule has 0 aliphatic carbocycles. The lowest BCUT2D eigenvalue weighted by Gasteiger charge is -2.13. The summed E-state index contributed by atoms with van der Waals surface area (Å²) in [6.07, 6.45) is 2.59. The van der Waals surface area contributed by atoms with E-state index in [0.29, 0.717) is 4.96 Å². The van der Waals surface area contributed by atoms with Gasteiger partial charge in [-0.2, -0.15) is 4.98 Å². The van der Waals surface area contributed by atoms with E-state index in [9.17, 15) is 16.8 Å². The zero-order chi connectivity index (χ0) is 15.8. The van der Waals surface area contributed by atoms with Gasteiger partial charge in [0.15, 0.2) is 10.8 Å². The first kappa shape index (κ1) is 16.2. The van der Waals surface area contributed by atoms with Gasteiger partial charge in [-0.15, -0.1) is 11.3 Å². The van der Waals surface area contributed by atoms with Gasteiger partial charge in [0, 0.05) is 23.9 Å². The molecule has 2 rings (SSSR count). The minimum absolute atomic E-state index is 0.000839. The molecule has 0 saturated carbocycles. The first-order valence-corrected chi connectivity index (χ1v) is 10.2. The van der Waals surface area contributed by atoms with E-state index in [1.807, 2.05) is 0 Å². The van der Waals surface area contributed by atoms with Crippen LogP contribution in [0.3, 0.4) is 0 Å². The summed E-state index contributed by atoms with van der Waals surface area (Å²) >= 11 is 1.25. The number of rotatable bonds is 6. The third-order valence-electron chi connectivity index (χ3n) is 2.52. The highest BCUT2D eigenvalue weighted by atomic mass is 32.2. The van der Waals surface area contributed by atoms with Crippen molar-refractivity contribution in [2.75, 3.05) is 17.4 Å². The van der Waals surface area contributed by atoms with E-state index in [4.69, 9.17) is 5.84 Å². The molecule has 0 bridgehead atoms. The van der Waals surface area contributed by atoms with Crippen molar-refractivity contribution in [3.8, 4) is 0 Å². The summed E-state index contributed by atoms with van der Waals surface area (Å²) in [6, 6.07) is -0.778. The Morgan fingerprint density at radius 3 is 2.67 bits per heavy atom. The lowest BCUT2D eigenvalue weighted by Crippen LogP contribution is -2.38. The van der Waals surface area contributed by atoms with Crippen LogP contribution in [0.15, 0.2) is 16.6 Å². The quantitative estimate of drug-likeness (QED) is 0.466. The van der Waals surface area contributed by atoms with Crippen molar-refractivity contribution in [1.29, 1.82) is 0 Å². The third kappa shape index (κ3) is 3.52. The largest absolute Gasteiger partial charge is 0.306 e. The van der Waals surface area contributed by atoms with Crippen molar-refractivity contribution in [2.24, 2.45) is 5.84 Å². The summed E-state index contributed by atoms with van der Waals surface area (Å²) in [7, 11) is -7.28. The van der Waals surface area contributed by atoms with Gasteiger partial charge in [-0.3, -0.25) is 4.40 Å². The molecule has 1 unspecified atom stereocenters. The third-order valence-corrected chi connectivity index (χ3v) is 5.99. The van der Waals surface area contributed by atoms with Gasteiger partial charge in [0.05, 0.1) is 5.75 Å². The predicted molar refractivity (Wildman–Crippen MR) is 80.4 cm³/mol. The molecule has 0 amide bonds. The van der Waals surface area contributed by atoms with Crippen LogP contribution in [0, 0.1) is 0 Å². The maximum atomic E-state index is 12.4. The minimum atomic E-state index is -3.98. The van der Waals surface area contributed by atoms with Crippen molar-refractivity contribution < 1.29 is 16.8 Å². The fraction of sp³-hybridized carbons (Fsp3) is 0.444. The van der Waals surface area contributed by atoms with Gasteiger partial charge < -0.3 is 5.43 Å². The zero-order valence-electron chi connectivity index (χ0n) is 11.3. The van der Waals surface area contributed by atoms with Crippen LogP contribution in [-0.4, -0.2) is 44.3 Å². The second kappa shape index (κ2) is 5.53. The molecule has 118 valence electrons. The fourth-order valence-corrected chi connectivity index (χ4v) is 5.28. The lowest BCUT2D eigenvalue weighted by atomic mass is 10.4. The molecular weight excluding hydrogens is 338 g/mol. The van der Waals surface area contributed by atoms with Gasteiger partial charge in [-0.1, -0.05) is 0 Å². The number of sulfone groups is 1. The predicted octanol–water partition coefficient (Wildman–Crippen LogP) is -0.607. The van der Waals surface area contributed by atoms with Crippen LogP contribution in [0.4, 0.5) is 5.82 Å². The number of nitrogens with zero attached hydrogens (tertiary/aromatic N) is 2. The summed E-state index contributed by atoms with van der Waals surface area (Å²) in [5.74, 6) is 4.99. The van der Waals surface area contributed by atoms with Crippen LogP contribution in [0.2, 0.25) is 0 Å². The Morgan fingerprint density at radius 1 is 1.43 bits per heavy atom. The summed E-state index contributed by atoms with van der Waals surface area (Å²) < 4.78 is 51.0. The number of hydrogen-bond acceptors (Lipinski definition) is 8. The maximum absolute atomic E-state index is 12.4. The molecule has 2 aromatic rings. The summed E-state index contributed by atoms with van der Waals surface area (Å²) in [5, 5.41) is 1.53. The van der Waals surface area contributed by atoms with Crippen LogP contribution in [0.1, 0.15) is 6.92 Å². The number of anilines is 1. The highest BCUT2D eigenvalue weighted by Gasteiger charge is 2.28. The number of thiazole rings is 1. The van der Waals surface area contributed by atoms with E-state index < -0.39 is 25.9 Å². The number of fused-ring (bicyclic) bond motifs is 1. The van der Waals surface area contributed by atoms with Crippen LogP contribution in [-0.2, 0) is 19.9 Å². The van der Waals surface area contributed by atoms with E-state index in [-0.39, 0.29) is 16.6 Å². The second-order valence-corrected chi connectivity index (χ2v) is 9.27. The molecular formula is C9H15N5O4S3. The Labute approximate surface area is 126 Å². The van der Waals surface area contributed by atoms with Crippen molar-refractivity contribution >= 4 is 42.0 Å². The highest BCUT2D eigenvalue weighted by molar-refractivity contribution is 7.91. The van der Waals surface area contributed by atoms with Crippen molar-refractivity contribution in [2.45, 2.75) is 18.0 Å². The van der Waals surface area contributed by atoms with Crippen LogP contribution in [0.5, 0.6) is 0 Å². The molecule has 0 aliphatic rings. The Morgan fingerprint density at radius 2 is 2.10 bits per heavy atom. The standard InChI is InChI=1S/C9H15N5O4S3/c1-6(5-20(2,15)16)13-21(17,18)8-7(12-10)11-9-14(8)3-4-19-9/h3-4,6,12-13H,5,10H2,1-2H3. The molecule has 0 radical (unpaired) electrons. The second-order valence-electron chi connectivity index (χ2n) is 4.58. The average Bonchev–Trinajstić information content (AvgIpc) is 2.82. The topological polar surface area (TPSA) is 136 Å². The molecule has 0 spiro atoms. The molecule has 0 saturated heterocycles. The van der Waals surface area contributed by atoms with Crippen molar-refractivity contribution in [3.05, 3.63) is 11.6 Å². The number of hydrogen-bond donors (Lipinski definition) is 3. The van der Waals surface area contributed by atoms with Gasteiger partial charge in [-0.05, 0) is 6.92 Å². The Kier molecular flexibility index (Phi) is 4.26. The summed E-state index contributed by atoms with van der Waals surface area (Å²) in [4.78, 5) is 4.50. The van der Waals surface area contributed by atoms with Gasteiger partial charge in [0.1, 0.15) is 9.84 Å². The van der Waals surface area contributed by atoms with E-state index in [1.54, 1.807) is 11.6 Å². The molecule has 0 aromatic carbocycles. The molecule has 2 aromatic heterocycles. The molecule has 9 nitrogen and oxygen atoms in total. The van der Waals surface area contributed by atoms with E-state index in [1.165, 1.54) is 22.7 Å². The fourth-order valence-electron chi connectivity index (χ4n) is 1.92. The number of nitrogens with two attached hydrogens (primary N) is 1. The Balaban J connectivity index is 2.40. The van der Waals surface area contributed by atoms with E-state index in [2.05, 4.69) is 15.1 Å². The zero-order valence-corrected chi connectivity index (χ0v) is 13.7. The number of aromatic nitrogens is 2. The Hall–Kier alpha value is -1.21. The molecule has 0 aliphatic heterocycles. The molecule has 1 atom stereocenters. The summed E-state index contributed by atoms with van der Waals surface area (Å²) in [6.45, 7) is 1.47. The molecule has 21 heavy (non-hydrogen) atoms. The molecule has 0 fully saturated rings. The van der Waals surface area contributed by atoms with E-state index in [0.717, 1.165) is 6.26 Å². The lowest BCUT2D eigenvalue weighted by molar-refractivity contribution is 0.561. The smallest absolute Gasteiger partial charge is 0.260 e. The number of nitrogens with one attached hydrogen (secondary N) is 2. The summed E-state index contributed by atoms with van der Waals surface area (Å²) in [5.41, 5.74) is 2.24. The van der Waals surface area contributed by atoms with Gasteiger partial charge in [-0.25, -0.2) is 27.4 Å². The monoisotopic (exact) mass is 353 g/mol. The highest BCUT2D eigenvalue weighted by Crippen LogP contribution is 2.25. The maximum Gasteiger partial charge on any atom is 0.260 e. The van der Waals surface area contributed by atoms with Crippen molar-refractivity contribution in [3.63, 3.8) is 0 Å². The number of sulfonamides is 1. The van der Waals surface area contributed by atoms with Crippen LogP contribution in [0.25, 0.3) is 4.96 Å². The number of imidazole rings is 1. The molecule has 12 heteroatoms. The van der Waals surface area contributed by atoms with Gasteiger partial charge >= 0.3 is 0 Å². The SMILES string of the molecule is CC(CS(C)(=O)=O)NS(=O)(=O)c1c(NN)nc2sccn12. The van der Waals surface area contributed by atoms with Gasteiger partial charge in [0.25, 0.3) is 10.0 Å². The Bertz CT molecular complexity index is 851. The molecule has 2 heterocycles. The van der Waals surface area contributed by atoms with Crippen LogP contribution < -0.4 is 16.0 Å². The normalized spacial score (nSPS) is 14.4. The molecule has 4 N–H and O–H groups in total. The number of nitrogen functional groups attached to an aromatic ring is 1.